The zero-order valence-corrected chi connectivity index (χ0v) is 16.4. The number of carbonyl (C=O) groups is 2. The van der Waals surface area contributed by atoms with E-state index in [9.17, 15) is 9.59 Å². The summed E-state index contributed by atoms with van der Waals surface area (Å²) in [6, 6.07) is -0.624. The number of carbonyl (C=O) groups excluding carboxylic acids is 2. The highest BCUT2D eigenvalue weighted by Crippen LogP contribution is 2.11. The Balaban J connectivity index is 4.43. The van der Waals surface area contributed by atoms with Crippen LogP contribution in [-0.2, 0) is 14.3 Å². The van der Waals surface area contributed by atoms with Crippen LogP contribution in [0.4, 0.5) is 0 Å². The van der Waals surface area contributed by atoms with Gasteiger partial charge in [-0.3, -0.25) is 9.59 Å². The van der Waals surface area contributed by atoms with Crippen molar-refractivity contribution in [2.24, 2.45) is 5.73 Å². The molecule has 0 saturated carbocycles. The van der Waals surface area contributed by atoms with Crippen LogP contribution in [0.25, 0.3) is 0 Å². The Hall–Kier alpha value is -1.10. The van der Waals surface area contributed by atoms with Gasteiger partial charge in [0.15, 0.2) is 0 Å². The number of ether oxygens (including phenoxy) is 1. The Morgan fingerprint density at radius 2 is 1.50 bits per heavy atom. The molecular formula is C19H38N2O3. The maximum atomic E-state index is 12.6. The standard InChI is InChI=1S/C19H38N2O3/c1-6-8-10-14-21(15-11-9-7-2)18(23)16(20)12-13-17(22)24-19(3,4)5/h16H,6-15,20H2,1-5H3/t16-/m0/s1. The topological polar surface area (TPSA) is 72.6 Å². The van der Waals surface area contributed by atoms with Gasteiger partial charge in [0, 0.05) is 19.5 Å². The summed E-state index contributed by atoms with van der Waals surface area (Å²) >= 11 is 0. The Kier molecular flexibility index (Phi) is 11.7. The van der Waals surface area contributed by atoms with Gasteiger partial charge in [0.05, 0.1) is 6.04 Å². The predicted octanol–water partition coefficient (Wildman–Crippen LogP) is 3.64. The molecule has 0 radical (unpaired) electrons. The Morgan fingerprint density at radius 3 is 1.92 bits per heavy atom. The predicted molar refractivity (Wildman–Crippen MR) is 98.7 cm³/mol. The SMILES string of the molecule is CCCCCN(CCCCC)C(=O)[C@@H](N)CCC(=O)OC(C)(C)C. The maximum Gasteiger partial charge on any atom is 0.306 e. The zero-order chi connectivity index (χ0) is 18.6. The van der Waals surface area contributed by atoms with Gasteiger partial charge in [0.1, 0.15) is 5.60 Å². The molecule has 5 nitrogen and oxygen atoms in total. The van der Waals surface area contributed by atoms with Crippen molar-refractivity contribution in [3.8, 4) is 0 Å². The fourth-order valence-corrected chi connectivity index (χ4v) is 2.46. The van der Waals surface area contributed by atoms with Crippen molar-refractivity contribution in [3.05, 3.63) is 0 Å². The number of nitrogens with zero attached hydrogens (tertiary/aromatic N) is 1. The molecule has 2 N–H and O–H groups in total. The van der Waals surface area contributed by atoms with E-state index in [1.165, 1.54) is 0 Å². The lowest BCUT2D eigenvalue weighted by Gasteiger charge is -2.26. The monoisotopic (exact) mass is 342 g/mol. The third kappa shape index (κ3) is 11.4. The lowest BCUT2D eigenvalue weighted by atomic mass is 10.1. The molecule has 0 aromatic heterocycles. The molecule has 5 heteroatoms. The Bertz CT molecular complexity index is 354. The summed E-state index contributed by atoms with van der Waals surface area (Å²) in [4.78, 5) is 26.2. The second-order valence-electron chi connectivity index (χ2n) is 7.47. The minimum atomic E-state index is -0.624. The van der Waals surface area contributed by atoms with E-state index in [1.807, 2.05) is 25.7 Å². The van der Waals surface area contributed by atoms with Crippen molar-refractivity contribution in [1.29, 1.82) is 0 Å². The summed E-state index contributed by atoms with van der Waals surface area (Å²) in [6.45, 7) is 11.3. The first-order chi connectivity index (χ1) is 11.2. The van der Waals surface area contributed by atoms with E-state index in [-0.39, 0.29) is 18.3 Å². The van der Waals surface area contributed by atoms with Gasteiger partial charge < -0.3 is 15.4 Å². The summed E-state index contributed by atoms with van der Waals surface area (Å²) < 4.78 is 5.27. The molecule has 0 aromatic rings. The fourth-order valence-electron chi connectivity index (χ4n) is 2.46. The second kappa shape index (κ2) is 12.3. The van der Waals surface area contributed by atoms with Crippen LogP contribution in [0.2, 0.25) is 0 Å². The van der Waals surface area contributed by atoms with Crippen molar-refractivity contribution in [3.63, 3.8) is 0 Å². The van der Waals surface area contributed by atoms with Crippen molar-refractivity contribution in [2.75, 3.05) is 13.1 Å². The van der Waals surface area contributed by atoms with Gasteiger partial charge in [0.25, 0.3) is 0 Å². The van der Waals surface area contributed by atoms with Gasteiger partial charge in [-0.25, -0.2) is 0 Å². The number of esters is 1. The first-order valence-electron chi connectivity index (χ1n) is 9.47. The molecule has 0 saturated heterocycles. The molecule has 142 valence electrons. The number of rotatable bonds is 12. The summed E-state index contributed by atoms with van der Waals surface area (Å²) in [6.07, 6.45) is 7.02. The molecule has 0 aromatic carbocycles. The van der Waals surface area contributed by atoms with Gasteiger partial charge in [-0.2, -0.15) is 0 Å². The zero-order valence-electron chi connectivity index (χ0n) is 16.4. The summed E-state index contributed by atoms with van der Waals surface area (Å²) in [5.74, 6) is -0.333. The number of hydrogen-bond acceptors (Lipinski definition) is 4. The quantitative estimate of drug-likeness (QED) is 0.434. The first kappa shape index (κ1) is 22.9. The largest absolute Gasteiger partial charge is 0.460 e. The molecular weight excluding hydrogens is 304 g/mol. The molecule has 0 unspecified atom stereocenters. The minimum Gasteiger partial charge on any atom is -0.460 e. The first-order valence-corrected chi connectivity index (χ1v) is 9.47. The lowest BCUT2D eigenvalue weighted by molar-refractivity contribution is -0.155. The van der Waals surface area contributed by atoms with Crippen LogP contribution < -0.4 is 5.73 Å². The van der Waals surface area contributed by atoms with E-state index in [0.29, 0.717) is 6.42 Å². The Labute approximate surface area is 148 Å². The van der Waals surface area contributed by atoms with Crippen LogP contribution in [0.1, 0.15) is 86.0 Å². The third-order valence-corrected chi connectivity index (χ3v) is 3.77. The van der Waals surface area contributed by atoms with E-state index in [0.717, 1.165) is 51.6 Å². The Morgan fingerprint density at radius 1 is 1.00 bits per heavy atom. The van der Waals surface area contributed by atoms with Crippen LogP contribution in [0, 0.1) is 0 Å². The van der Waals surface area contributed by atoms with Crippen LogP contribution >= 0.6 is 0 Å². The van der Waals surface area contributed by atoms with Gasteiger partial charge in [-0.15, -0.1) is 0 Å². The van der Waals surface area contributed by atoms with E-state index in [4.69, 9.17) is 10.5 Å². The normalized spacial score (nSPS) is 12.8. The number of hydrogen-bond donors (Lipinski definition) is 1. The molecule has 0 aliphatic heterocycles. The lowest BCUT2D eigenvalue weighted by Crippen LogP contribution is -2.45. The van der Waals surface area contributed by atoms with Crippen LogP contribution in [0.3, 0.4) is 0 Å². The molecule has 0 aliphatic rings. The number of nitrogens with two attached hydrogens (primary N) is 1. The third-order valence-electron chi connectivity index (χ3n) is 3.77. The molecule has 24 heavy (non-hydrogen) atoms. The average molecular weight is 343 g/mol. The number of amides is 1. The highest BCUT2D eigenvalue weighted by Gasteiger charge is 2.23. The van der Waals surface area contributed by atoms with E-state index >= 15 is 0 Å². The molecule has 0 fully saturated rings. The fraction of sp³-hybridized carbons (Fsp3) is 0.895. The minimum absolute atomic E-state index is 0.0363. The molecule has 1 atom stereocenters. The second-order valence-corrected chi connectivity index (χ2v) is 7.47. The van der Waals surface area contributed by atoms with Crippen molar-refractivity contribution in [1.82, 2.24) is 4.90 Å². The summed E-state index contributed by atoms with van der Waals surface area (Å²) in [5.41, 5.74) is 5.54. The van der Waals surface area contributed by atoms with Crippen molar-refractivity contribution >= 4 is 11.9 Å². The van der Waals surface area contributed by atoms with Crippen molar-refractivity contribution in [2.45, 2.75) is 97.6 Å². The van der Waals surface area contributed by atoms with E-state index in [1.54, 1.807) is 0 Å². The van der Waals surface area contributed by atoms with Gasteiger partial charge >= 0.3 is 5.97 Å². The average Bonchev–Trinajstić information content (AvgIpc) is 2.49. The molecule has 0 spiro atoms. The van der Waals surface area contributed by atoms with E-state index in [2.05, 4.69) is 13.8 Å². The smallest absolute Gasteiger partial charge is 0.306 e. The molecule has 0 aliphatic carbocycles. The molecule has 0 rings (SSSR count). The van der Waals surface area contributed by atoms with Crippen molar-refractivity contribution < 1.29 is 14.3 Å². The van der Waals surface area contributed by atoms with Gasteiger partial charge in [0.2, 0.25) is 5.91 Å². The molecule has 1 amide bonds. The summed E-state index contributed by atoms with van der Waals surface area (Å²) in [7, 11) is 0. The van der Waals surface area contributed by atoms with E-state index < -0.39 is 11.6 Å². The van der Waals surface area contributed by atoms with Gasteiger partial charge in [-0.1, -0.05) is 39.5 Å². The van der Waals surface area contributed by atoms with Crippen LogP contribution in [0.15, 0.2) is 0 Å². The highest BCUT2D eigenvalue weighted by molar-refractivity contribution is 5.82. The summed E-state index contributed by atoms with van der Waals surface area (Å²) in [5, 5.41) is 0. The number of unbranched alkanes of at least 4 members (excludes halogenated alkanes) is 4. The van der Waals surface area contributed by atoms with Crippen LogP contribution in [-0.4, -0.2) is 41.5 Å². The van der Waals surface area contributed by atoms with Gasteiger partial charge in [-0.05, 0) is 40.0 Å². The molecule has 0 heterocycles. The van der Waals surface area contributed by atoms with Crippen LogP contribution in [0.5, 0.6) is 0 Å². The maximum absolute atomic E-state index is 12.6. The molecule has 0 bridgehead atoms. The highest BCUT2D eigenvalue weighted by atomic mass is 16.6.